The third-order valence-electron chi connectivity index (χ3n) is 7.24. The van der Waals surface area contributed by atoms with E-state index in [1.807, 2.05) is 0 Å². The molecular formula is C30H62NO+. The van der Waals surface area contributed by atoms with Crippen molar-refractivity contribution in [1.82, 2.24) is 0 Å². The smallest absolute Gasteiger partial charge is 0.265 e. The van der Waals surface area contributed by atoms with Crippen molar-refractivity contribution >= 4 is 5.91 Å². The summed E-state index contributed by atoms with van der Waals surface area (Å²) in [5, 5.41) is 0. The monoisotopic (exact) mass is 452 g/mol. The van der Waals surface area contributed by atoms with Crippen molar-refractivity contribution in [3.63, 3.8) is 0 Å². The van der Waals surface area contributed by atoms with E-state index < -0.39 is 0 Å². The van der Waals surface area contributed by atoms with Crippen LogP contribution in [0.2, 0.25) is 0 Å². The highest BCUT2D eigenvalue weighted by Crippen LogP contribution is 2.15. The van der Waals surface area contributed by atoms with Gasteiger partial charge in [0.05, 0.1) is 27.1 Å². The van der Waals surface area contributed by atoms with Gasteiger partial charge in [0, 0.05) is 0 Å². The Morgan fingerprint density at radius 1 is 0.438 bits per heavy atom. The molecule has 0 saturated heterocycles. The highest BCUT2D eigenvalue weighted by atomic mass is 16.2. The molecular weight excluding hydrogens is 390 g/mol. The molecule has 0 heterocycles. The van der Waals surface area contributed by atoms with E-state index in [2.05, 4.69) is 27.9 Å². The molecule has 0 aromatic rings. The Kier molecular flexibility index (Phi) is 23.5. The second-order valence-corrected chi connectivity index (χ2v) is 11.0. The number of unbranched alkanes of at least 4 members (excludes halogenated alkanes) is 21. The zero-order valence-electron chi connectivity index (χ0n) is 23.0. The Hall–Kier alpha value is -0.370. The summed E-state index contributed by atoms with van der Waals surface area (Å²) >= 11 is 0. The minimum absolute atomic E-state index is 0.448. The van der Waals surface area contributed by atoms with E-state index in [-0.39, 0.29) is 0 Å². The molecule has 0 radical (unpaired) electrons. The molecule has 0 atom stereocenters. The van der Waals surface area contributed by atoms with Crippen LogP contribution in [0.3, 0.4) is 0 Å². The fraction of sp³-hybridized carbons (Fsp3) is 0.967. The molecule has 0 unspecified atom stereocenters. The van der Waals surface area contributed by atoms with Crippen molar-refractivity contribution in [2.75, 3.05) is 20.6 Å². The molecule has 0 saturated carbocycles. The Labute approximate surface area is 203 Å². The van der Waals surface area contributed by atoms with Crippen LogP contribution in [0.4, 0.5) is 0 Å². The van der Waals surface area contributed by atoms with Crippen molar-refractivity contribution in [2.24, 2.45) is 0 Å². The van der Waals surface area contributed by atoms with E-state index in [0.29, 0.717) is 10.4 Å². The van der Waals surface area contributed by atoms with Crippen LogP contribution in [0.5, 0.6) is 0 Å². The van der Waals surface area contributed by atoms with Crippen LogP contribution in [-0.4, -0.2) is 31.0 Å². The maximum absolute atomic E-state index is 12.6. The third kappa shape index (κ3) is 21.5. The summed E-state index contributed by atoms with van der Waals surface area (Å²) in [6.45, 7) is 5.59. The van der Waals surface area contributed by atoms with Crippen LogP contribution >= 0.6 is 0 Å². The first-order valence-electron chi connectivity index (χ1n) is 14.9. The summed E-state index contributed by atoms with van der Waals surface area (Å²) in [5.74, 6) is 0.448. The molecule has 2 heteroatoms. The van der Waals surface area contributed by atoms with Crippen molar-refractivity contribution in [2.45, 2.75) is 168 Å². The van der Waals surface area contributed by atoms with E-state index in [4.69, 9.17) is 0 Å². The van der Waals surface area contributed by atoms with Crippen LogP contribution in [0, 0.1) is 0 Å². The zero-order chi connectivity index (χ0) is 23.8. The normalized spacial score (nSPS) is 11.9. The number of nitrogens with zero attached hydrogens (tertiary/aromatic N) is 1. The number of carbonyl (C=O) groups is 1. The van der Waals surface area contributed by atoms with Crippen molar-refractivity contribution in [3.05, 3.63) is 0 Å². The number of rotatable bonds is 25. The number of amides is 1. The zero-order valence-corrected chi connectivity index (χ0v) is 23.0. The van der Waals surface area contributed by atoms with Gasteiger partial charge in [-0.2, -0.15) is 0 Å². The molecule has 0 bridgehead atoms. The first-order valence-corrected chi connectivity index (χ1v) is 14.9. The number of hydrogen-bond acceptors (Lipinski definition) is 1. The average Bonchev–Trinajstić information content (AvgIpc) is 2.78. The fourth-order valence-electron chi connectivity index (χ4n) is 4.72. The molecule has 0 aliphatic carbocycles. The van der Waals surface area contributed by atoms with Crippen molar-refractivity contribution in [1.29, 1.82) is 0 Å². The SMILES string of the molecule is CCCCCCCCCCCCCC[N+](C)(C)C(=O)CCCCCCCCCCCCC. The Morgan fingerprint density at radius 3 is 1.06 bits per heavy atom. The van der Waals surface area contributed by atoms with Gasteiger partial charge in [-0.15, -0.1) is 0 Å². The van der Waals surface area contributed by atoms with Gasteiger partial charge in [0.1, 0.15) is 0 Å². The average molecular weight is 453 g/mol. The third-order valence-corrected chi connectivity index (χ3v) is 7.24. The molecule has 0 aliphatic heterocycles. The van der Waals surface area contributed by atoms with Gasteiger partial charge < -0.3 is 0 Å². The van der Waals surface area contributed by atoms with Gasteiger partial charge in [0.25, 0.3) is 0 Å². The molecule has 0 aromatic heterocycles. The minimum Gasteiger partial charge on any atom is -0.265 e. The van der Waals surface area contributed by atoms with Gasteiger partial charge in [-0.1, -0.05) is 142 Å². The van der Waals surface area contributed by atoms with Gasteiger partial charge in [0.2, 0.25) is 0 Å². The van der Waals surface area contributed by atoms with Crippen molar-refractivity contribution in [3.8, 4) is 0 Å². The Morgan fingerprint density at radius 2 is 0.719 bits per heavy atom. The lowest BCUT2D eigenvalue weighted by Gasteiger charge is -2.27. The lowest BCUT2D eigenvalue weighted by Crippen LogP contribution is -2.46. The number of quaternary nitrogens is 1. The summed E-state index contributed by atoms with van der Waals surface area (Å²) in [4.78, 5) is 12.6. The van der Waals surface area contributed by atoms with Gasteiger partial charge in [-0.25, -0.2) is 4.79 Å². The standard InChI is InChI=1S/C30H62NO/c1-5-7-9-11-13-15-17-19-21-23-25-27-29-31(3,4)30(32)28-26-24-22-20-18-16-14-12-10-8-6-2/h5-29H2,1-4H3/q+1. The maximum Gasteiger partial charge on any atom is 0.313 e. The lowest BCUT2D eigenvalue weighted by atomic mass is 10.0. The van der Waals surface area contributed by atoms with Crippen molar-refractivity contribution < 1.29 is 9.28 Å². The van der Waals surface area contributed by atoms with E-state index in [0.717, 1.165) is 19.4 Å². The van der Waals surface area contributed by atoms with Gasteiger partial charge in [0.15, 0.2) is 0 Å². The fourth-order valence-corrected chi connectivity index (χ4v) is 4.72. The van der Waals surface area contributed by atoms with Gasteiger partial charge >= 0.3 is 5.91 Å². The summed E-state index contributed by atoms with van der Waals surface area (Å²) in [6.07, 6.45) is 32.2. The summed E-state index contributed by atoms with van der Waals surface area (Å²) in [6, 6.07) is 0. The summed E-state index contributed by atoms with van der Waals surface area (Å²) in [7, 11) is 4.25. The Bertz CT molecular complexity index is 390. The minimum atomic E-state index is 0.448. The molecule has 32 heavy (non-hydrogen) atoms. The molecule has 0 rings (SSSR count). The molecule has 0 spiro atoms. The molecule has 0 aromatic carbocycles. The Balaban J connectivity index is 3.47. The highest BCUT2D eigenvalue weighted by molar-refractivity contribution is 5.68. The second-order valence-electron chi connectivity index (χ2n) is 11.0. The van der Waals surface area contributed by atoms with Crippen LogP contribution < -0.4 is 0 Å². The molecule has 1 amide bonds. The summed E-state index contributed by atoms with van der Waals surface area (Å²) < 4.78 is 0.593. The molecule has 192 valence electrons. The van der Waals surface area contributed by atoms with Gasteiger partial charge in [-0.05, 0) is 19.3 Å². The second kappa shape index (κ2) is 23.8. The van der Waals surface area contributed by atoms with Crippen LogP contribution in [0.25, 0.3) is 0 Å². The molecule has 0 N–H and O–H groups in total. The number of carbonyl (C=O) groups excluding carboxylic acids is 1. The lowest BCUT2D eigenvalue weighted by molar-refractivity contribution is -0.814. The van der Waals surface area contributed by atoms with E-state index in [1.165, 1.54) is 141 Å². The highest BCUT2D eigenvalue weighted by Gasteiger charge is 2.24. The van der Waals surface area contributed by atoms with E-state index in [1.54, 1.807) is 0 Å². The first kappa shape index (κ1) is 31.6. The predicted octanol–water partition coefficient (Wildman–Crippen LogP) is 9.99. The first-order chi connectivity index (χ1) is 15.5. The van der Waals surface area contributed by atoms with E-state index in [9.17, 15) is 4.79 Å². The number of hydrogen-bond donors (Lipinski definition) is 0. The predicted molar refractivity (Wildman–Crippen MR) is 144 cm³/mol. The maximum atomic E-state index is 12.6. The van der Waals surface area contributed by atoms with Gasteiger partial charge in [-0.3, -0.25) is 4.48 Å². The van der Waals surface area contributed by atoms with E-state index >= 15 is 0 Å². The molecule has 2 nitrogen and oxygen atoms in total. The quantitative estimate of drug-likeness (QED) is 0.0994. The van der Waals surface area contributed by atoms with Crippen LogP contribution in [0.1, 0.15) is 168 Å². The summed E-state index contributed by atoms with van der Waals surface area (Å²) in [5.41, 5.74) is 0. The van der Waals surface area contributed by atoms with Crippen LogP contribution in [-0.2, 0) is 4.79 Å². The topological polar surface area (TPSA) is 17.1 Å². The molecule has 0 aliphatic rings. The largest absolute Gasteiger partial charge is 0.313 e. The van der Waals surface area contributed by atoms with Crippen LogP contribution in [0.15, 0.2) is 0 Å². The molecule has 0 fully saturated rings.